The quantitative estimate of drug-likeness (QED) is 0.291. The van der Waals surface area contributed by atoms with E-state index in [1.165, 1.54) is 11.8 Å². The number of hydrogen-bond acceptors (Lipinski definition) is 7. The molecule has 0 radical (unpaired) electrons. The van der Waals surface area contributed by atoms with Crippen molar-refractivity contribution in [1.29, 1.82) is 0 Å². The van der Waals surface area contributed by atoms with Crippen molar-refractivity contribution in [3.8, 4) is 11.4 Å². The average molecular weight is 491 g/mol. The fourth-order valence-corrected chi connectivity index (χ4v) is 4.98. The van der Waals surface area contributed by atoms with Gasteiger partial charge in [-0.3, -0.25) is 9.78 Å². The maximum Gasteiger partial charge on any atom is 0.237 e. The lowest BCUT2D eigenvalue weighted by atomic mass is 10.2. The van der Waals surface area contributed by atoms with Crippen molar-refractivity contribution in [2.24, 2.45) is 0 Å². The summed E-state index contributed by atoms with van der Waals surface area (Å²) in [6.07, 6.45) is 6.21. The van der Waals surface area contributed by atoms with Crippen LogP contribution in [0.1, 0.15) is 25.8 Å². The van der Waals surface area contributed by atoms with E-state index in [4.69, 9.17) is 0 Å². The topological polar surface area (TPSA) is 85.6 Å². The maximum absolute atomic E-state index is 12.9. The predicted molar refractivity (Wildman–Crippen MR) is 138 cm³/mol. The van der Waals surface area contributed by atoms with Gasteiger partial charge in [0.15, 0.2) is 11.0 Å². The van der Waals surface area contributed by atoms with Gasteiger partial charge in [-0.1, -0.05) is 36.9 Å². The number of rotatable bonds is 10. The normalized spacial score (nSPS) is 11.8. The van der Waals surface area contributed by atoms with Crippen LogP contribution in [0, 0.1) is 0 Å². The molecule has 0 unspecified atom stereocenters. The van der Waals surface area contributed by atoms with Gasteiger partial charge in [-0.2, -0.15) is 0 Å². The van der Waals surface area contributed by atoms with E-state index in [1.807, 2.05) is 55.5 Å². The molecule has 3 aromatic heterocycles. The van der Waals surface area contributed by atoms with Crippen molar-refractivity contribution in [3.05, 3.63) is 78.8 Å². The van der Waals surface area contributed by atoms with E-state index in [0.717, 1.165) is 51.5 Å². The Hall–Kier alpha value is -3.17. The standard InChI is InChI=1S/C25H26N6OS2/c1-3-15-31-23(20-10-13-26-14-11-20)29-30-25(31)34-18(2)24(32)28-21-8-6-7-19(16-21)17-33-22-9-4-5-12-27-22/h4-14,16,18H,3,15,17H2,1-2H3,(H,28,32)/t18-/m1/s1. The van der Waals surface area contributed by atoms with Crippen molar-refractivity contribution < 1.29 is 4.79 Å². The number of benzene rings is 1. The Bertz CT molecular complexity index is 1220. The molecule has 1 aromatic carbocycles. The molecular weight excluding hydrogens is 464 g/mol. The summed E-state index contributed by atoms with van der Waals surface area (Å²) in [5, 5.41) is 13.2. The number of nitrogens with zero attached hydrogens (tertiary/aromatic N) is 5. The van der Waals surface area contributed by atoms with Gasteiger partial charge >= 0.3 is 0 Å². The van der Waals surface area contributed by atoms with Crippen molar-refractivity contribution in [1.82, 2.24) is 24.7 Å². The molecule has 4 aromatic rings. The van der Waals surface area contributed by atoms with Crippen molar-refractivity contribution in [2.75, 3.05) is 5.32 Å². The van der Waals surface area contributed by atoms with Gasteiger partial charge in [-0.05, 0) is 55.3 Å². The van der Waals surface area contributed by atoms with Gasteiger partial charge < -0.3 is 9.88 Å². The molecule has 174 valence electrons. The van der Waals surface area contributed by atoms with Gasteiger partial charge in [0.2, 0.25) is 5.91 Å². The smallest absolute Gasteiger partial charge is 0.237 e. The van der Waals surface area contributed by atoms with Crippen LogP contribution in [0.4, 0.5) is 5.69 Å². The van der Waals surface area contributed by atoms with E-state index in [9.17, 15) is 4.79 Å². The third kappa shape index (κ3) is 6.24. The second-order valence-corrected chi connectivity index (χ2v) is 9.90. The third-order valence-electron chi connectivity index (χ3n) is 4.97. The fraction of sp³-hybridized carbons (Fsp3) is 0.240. The minimum Gasteiger partial charge on any atom is -0.325 e. The highest BCUT2D eigenvalue weighted by atomic mass is 32.2. The number of anilines is 1. The molecule has 1 N–H and O–H groups in total. The Kier molecular flexibility index (Phi) is 8.32. The molecule has 0 aliphatic heterocycles. The maximum atomic E-state index is 12.9. The molecule has 1 atom stereocenters. The van der Waals surface area contributed by atoms with Crippen LogP contribution >= 0.6 is 23.5 Å². The predicted octanol–water partition coefficient (Wildman–Crippen LogP) is 5.56. The Balaban J connectivity index is 1.40. The first-order chi connectivity index (χ1) is 16.6. The zero-order valence-corrected chi connectivity index (χ0v) is 20.7. The van der Waals surface area contributed by atoms with Crippen molar-refractivity contribution >= 4 is 35.1 Å². The van der Waals surface area contributed by atoms with Crippen LogP contribution in [0.2, 0.25) is 0 Å². The van der Waals surface area contributed by atoms with Crippen LogP contribution in [0.15, 0.2) is 83.4 Å². The van der Waals surface area contributed by atoms with E-state index < -0.39 is 0 Å². The first kappa shape index (κ1) is 24.0. The van der Waals surface area contributed by atoms with Gasteiger partial charge in [-0.25, -0.2) is 4.98 Å². The Labute approximate surface area is 207 Å². The van der Waals surface area contributed by atoms with Crippen LogP contribution < -0.4 is 5.32 Å². The first-order valence-corrected chi connectivity index (χ1v) is 12.9. The lowest BCUT2D eigenvalue weighted by Crippen LogP contribution is -2.23. The van der Waals surface area contributed by atoms with Crippen LogP contribution in [-0.2, 0) is 17.1 Å². The highest BCUT2D eigenvalue weighted by Crippen LogP contribution is 2.28. The molecule has 0 saturated carbocycles. The van der Waals surface area contributed by atoms with Crippen LogP contribution in [0.5, 0.6) is 0 Å². The minimum absolute atomic E-state index is 0.0731. The SMILES string of the molecule is CCCn1c(S[C@H](C)C(=O)Nc2cccc(CSc3ccccn3)c2)nnc1-c1ccncc1. The summed E-state index contributed by atoms with van der Waals surface area (Å²) in [6.45, 7) is 4.77. The Morgan fingerprint density at radius 2 is 1.91 bits per heavy atom. The van der Waals surface area contributed by atoms with Gasteiger partial charge in [0.05, 0.1) is 10.3 Å². The largest absolute Gasteiger partial charge is 0.325 e. The highest BCUT2D eigenvalue weighted by molar-refractivity contribution is 8.00. The average Bonchev–Trinajstić information content (AvgIpc) is 3.26. The van der Waals surface area contributed by atoms with Crippen LogP contribution in [0.3, 0.4) is 0 Å². The van der Waals surface area contributed by atoms with Gasteiger partial charge in [-0.15, -0.1) is 22.0 Å². The molecule has 0 saturated heterocycles. The summed E-state index contributed by atoms with van der Waals surface area (Å²) < 4.78 is 2.07. The molecule has 0 bridgehead atoms. The Morgan fingerprint density at radius 1 is 1.06 bits per heavy atom. The van der Waals surface area contributed by atoms with E-state index in [0.29, 0.717) is 0 Å². The van der Waals surface area contributed by atoms with Crippen molar-refractivity contribution in [3.63, 3.8) is 0 Å². The van der Waals surface area contributed by atoms with E-state index >= 15 is 0 Å². The zero-order valence-electron chi connectivity index (χ0n) is 19.1. The number of amides is 1. The number of aromatic nitrogens is 5. The van der Waals surface area contributed by atoms with Crippen LogP contribution in [0.25, 0.3) is 11.4 Å². The monoisotopic (exact) mass is 490 g/mol. The number of hydrogen-bond donors (Lipinski definition) is 1. The lowest BCUT2D eigenvalue weighted by molar-refractivity contribution is -0.115. The molecule has 0 fully saturated rings. The lowest BCUT2D eigenvalue weighted by Gasteiger charge is -2.14. The molecule has 0 spiro atoms. The summed E-state index contributed by atoms with van der Waals surface area (Å²) in [6, 6.07) is 17.6. The van der Waals surface area contributed by atoms with Crippen LogP contribution in [-0.4, -0.2) is 35.9 Å². The molecule has 9 heteroatoms. The number of carbonyl (C=O) groups is 1. The zero-order chi connectivity index (χ0) is 23.8. The molecule has 0 aliphatic rings. The number of pyridine rings is 2. The second-order valence-electron chi connectivity index (χ2n) is 7.60. The number of thioether (sulfide) groups is 2. The molecule has 4 rings (SSSR count). The summed E-state index contributed by atoms with van der Waals surface area (Å²) in [5.74, 6) is 1.50. The molecule has 1 amide bonds. The first-order valence-electron chi connectivity index (χ1n) is 11.1. The number of nitrogens with one attached hydrogen (secondary N) is 1. The molecule has 34 heavy (non-hydrogen) atoms. The van der Waals surface area contributed by atoms with Crippen molar-refractivity contribution in [2.45, 2.75) is 48.0 Å². The summed E-state index contributed by atoms with van der Waals surface area (Å²) >= 11 is 3.08. The second kappa shape index (κ2) is 11.8. The molecule has 0 aliphatic carbocycles. The number of carbonyl (C=O) groups excluding carboxylic acids is 1. The van der Waals surface area contributed by atoms with E-state index in [2.05, 4.69) is 43.0 Å². The van der Waals surface area contributed by atoms with E-state index in [1.54, 1.807) is 30.4 Å². The summed E-state index contributed by atoms with van der Waals surface area (Å²) in [7, 11) is 0. The summed E-state index contributed by atoms with van der Waals surface area (Å²) in [5.41, 5.74) is 2.86. The summed E-state index contributed by atoms with van der Waals surface area (Å²) in [4.78, 5) is 21.4. The highest BCUT2D eigenvalue weighted by Gasteiger charge is 2.21. The Morgan fingerprint density at radius 3 is 2.68 bits per heavy atom. The molecule has 7 nitrogen and oxygen atoms in total. The molecular formula is C25H26N6OS2. The van der Waals surface area contributed by atoms with Gasteiger partial charge in [0.25, 0.3) is 0 Å². The fourth-order valence-electron chi connectivity index (χ4n) is 3.30. The molecule has 3 heterocycles. The van der Waals surface area contributed by atoms with Gasteiger partial charge in [0, 0.05) is 42.1 Å². The third-order valence-corrected chi connectivity index (χ3v) is 7.07. The van der Waals surface area contributed by atoms with Gasteiger partial charge in [0.1, 0.15) is 0 Å². The minimum atomic E-state index is -0.336. The van der Waals surface area contributed by atoms with E-state index in [-0.39, 0.29) is 11.2 Å².